The molecule has 0 spiro atoms. The molecule has 0 radical (unpaired) electrons. The van der Waals surface area contributed by atoms with E-state index >= 15 is 0 Å². The number of nitrogens with zero attached hydrogens (tertiary/aromatic N) is 1. The SMILES string of the molecule is COc1ccccc1Cc1nc(-c2ccccc2)cs1. The third-order valence-corrected chi connectivity index (χ3v) is 4.00. The highest BCUT2D eigenvalue weighted by Crippen LogP contribution is 2.26. The van der Waals surface area contributed by atoms with Gasteiger partial charge >= 0.3 is 0 Å². The van der Waals surface area contributed by atoms with Gasteiger partial charge in [0.15, 0.2) is 0 Å². The highest BCUT2D eigenvalue weighted by atomic mass is 32.1. The van der Waals surface area contributed by atoms with Crippen molar-refractivity contribution in [2.75, 3.05) is 7.11 Å². The summed E-state index contributed by atoms with van der Waals surface area (Å²) in [4.78, 5) is 4.71. The number of rotatable bonds is 4. The van der Waals surface area contributed by atoms with E-state index in [4.69, 9.17) is 9.72 Å². The highest BCUT2D eigenvalue weighted by molar-refractivity contribution is 7.10. The van der Waals surface area contributed by atoms with Gasteiger partial charge in [0.05, 0.1) is 17.8 Å². The molecule has 0 aliphatic heterocycles. The first-order valence-electron chi connectivity index (χ1n) is 6.48. The van der Waals surface area contributed by atoms with Gasteiger partial charge in [-0.3, -0.25) is 0 Å². The van der Waals surface area contributed by atoms with E-state index < -0.39 is 0 Å². The molecular formula is C17H15NOS. The average molecular weight is 281 g/mol. The number of ether oxygens (including phenoxy) is 1. The van der Waals surface area contributed by atoms with Crippen LogP contribution in [0.3, 0.4) is 0 Å². The molecular weight excluding hydrogens is 266 g/mol. The maximum Gasteiger partial charge on any atom is 0.122 e. The van der Waals surface area contributed by atoms with Gasteiger partial charge in [-0.1, -0.05) is 48.5 Å². The van der Waals surface area contributed by atoms with Gasteiger partial charge in [-0.15, -0.1) is 11.3 Å². The predicted octanol–water partition coefficient (Wildman–Crippen LogP) is 4.41. The molecule has 0 unspecified atom stereocenters. The van der Waals surface area contributed by atoms with Gasteiger partial charge in [-0.2, -0.15) is 0 Å². The van der Waals surface area contributed by atoms with Gasteiger partial charge in [0, 0.05) is 22.9 Å². The highest BCUT2D eigenvalue weighted by Gasteiger charge is 2.08. The number of para-hydroxylation sites is 1. The van der Waals surface area contributed by atoms with E-state index in [9.17, 15) is 0 Å². The summed E-state index contributed by atoms with van der Waals surface area (Å²) in [6.07, 6.45) is 0.807. The molecule has 0 aliphatic rings. The van der Waals surface area contributed by atoms with Crippen molar-refractivity contribution in [3.63, 3.8) is 0 Å². The van der Waals surface area contributed by atoms with Crippen molar-refractivity contribution in [3.05, 3.63) is 70.5 Å². The molecule has 0 bridgehead atoms. The van der Waals surface area contributed by atoms with Crippen molar-refractivity contribution in [1.82, 2.24) is 4.98 Å². The van der Waals surface area contributed by atoms with E-state index in [1.807, 2.05) is 36.4 Å². The van der Waals surface area contributed by atoms with Gasteiger partial charge in [-0.05, 0) is 6.07 Å². The minimum atomic E-state index is 0.807. The lowest BCUT2D eigenvalue weighted by atomic mass is 10.1. The van der Waals surface area contributed by atoms with Gasteiger partial charge in [0.25, 0.3) is 0 Å². The molecule has 1 heterocycles. The molecule has 0 saturated heterocycles. The zero-order valence-electron chi connectivity index (χ0n) is 11.2. The quantitative estimate of drug-likeness (QED) is 0.706. The fourth-order valence-corrected chi connectivity index (χ4v) is 2.97. The first-order valence-corrected chi connectivity index (χ1v) is 7.36. The normalized spacial score (nSPS) is 10.4. The number of benzene rings is 2. The van der Waals surface area contributed by atoms with Gasteiger partial charge < -0.3 is 4.74 Å². The summed E-state index contributed by atoms with van der Waals surface area (Å²) in [5.74, 6) is 0.920. The zero-order chi connectivity index (χ0) is 13.8. The van der Waals surface area contributed by atoms with Crippen LogP contribution in [0.5, 0.6) is 5.75 Å². The van der Waals surface area contributed by atoms with E-state index in [0.717, 1.165) is 28.4 Å². The smallest absolute Gasteiger partial charge is 0.122 e. The maximum atomic E-state index is 5.39. The van der Waals surface area contributed by atoms with Crippen molar-refractivity contribution >= 4 is 11.3 Å². The topological polar surface area (TPSA) is 22.1 Å². The van der Waals surface area contributed by atoms with Crippen molar-refractivity contribution in [1.29, 1.82) is 0 Å². The lowest BCUT2D eigenvalue weighted by molar-refractivity contribution is 0.410. The van der Waals surface area contributed by atoms with Crippen molar-refractivity contribution in [3.8, 4) is 17.0 Å². The number of hydrogen-bond donors (Lipinski definition) is 0. The molecule has 0 atom stereocenters. The molecule has 0 N–H and O–H groups in total. The van der Waals surface area contributed by atoms with Crippen molar-refractivity contribution in [2.45, 2.75) is 6.42 Å². The molecule has 0 amide bonds. The molecule has 20 heavy (non-hydrogen) atoms. The van der Waals surface area contributed by atoms with Crippen LogP contribution in [0.1, 0.15) is 10.6 Å². The van der Waals surface area contributed by atoms with Crippen LogP contribution in [0.2, 0.25) is 0 Å². The molecule has 0 saturated carbocycles. The number of methoxy groups -OCH3 is 1. The molecule has 3 heteroatoms. The lowest BCUT2D eigenvalue weighted by Crippen LogP contribution is -1.93. The molecule has 2 aromatic carbocycles. The molecule has 2 nitrogen and oxygen atoms in total. The second kappa shape index (κ2) is 5.88. The van der Waals surface area contributed by atoms with Crippen LogP contribution in [0.15, 0.2) is 60.0 Å². The van der Waals surface area contributed by atoms with Crippen LogP contribution in [0.4, 0.5) is 0 Å². The Morgan fingerprint density at radius 3 is 2.55 bits per heavy atom. The minimum Gasteiger partial charge on any atom is -0.496 e. The number of hydrogen-bond acceptors (Lipinski definition) is 3. The lowest BCUT2D eigenvalue weighted by Gasteiger charge is -2.05. The maximum absolute atomic E-state index is 5.39. The molecule has 100 valence electrons. The summed E-state index contributed by atoms with van der Waals surface area (Å²) >= 11 is 1.69. The molecule has 0 fully saturated rings. The second-order valence-corrected chi connectivity index (χ2v) is 5.42. The molecule has 0 aliphatic carbocycles. The Hall–Kier alpha value is -2.13. The standard InChI is InChI=1S/C17H15NOS/c1-19-16-10-6-5-9-14(16)11-17-18-15(12-20-17)13-7-3-2-4-8-13/h2-10,12H,11H2,1H3. The Morgan fingerprint density at radius 1 is 1.00 bits per heavy atom. The molecule has 3 aromatic rings. The van der Waals surface area contributed by atoms with E-state index in [1.54, 1.807) is 18.4 Å². The van der Waals surface area contributed by atoms with Crippen LogP contribution >= 0.6 is 11.3 Å². The number of thiazole rings is 1. The van der Waals surface area contributed by atoms with Crippen LogP contribution in [-0.2, 0) is 6.42 Å². The monoisotopic (exact) mass is 281 g/mol. The van der Waals surface area contributed by atoms with Gasteiger partial charge in [0.1, 0.15) is 5.75 Å². The van der Waals surface area contributed by atoms with E-state index in [1.165, 1.54) is 5.56 Å². The van der Waals surface area contributed by atoms with E-state index in [-0.39, 0.29) is 0 Å². The van der Waals surface area contributed by atoms with Crippen molar-refractivity contribution in [2.24, 2.45) is 0 Å². The Kier molecular flexibility index (Phi) is 3.79. The van der Waals surface area contributed by atoms with Gasteiger partial charge in [0.2, 0.25) is 0 Å². The summed E-state index contributed by atoms with van der Waals surface area (Å²) in [5.41, 5.74) is 3.37. The first kappa shape index (κ1) is 12.9. The largest absolute Gasteiger partial charge is 0.496 e. The van der Waals surface area contributed by atoms with E-state index in [2.05, 4.69) is 23.6 Å². The Morgan fingerprint density at radius 2 is 1.75 bits per heavy atom. The zero-order valence-corrected chi connectivity index (χ0v) is 12.1. The Labute approximate surface area is 122 Å². The first-order chi connectivity index (χ1) is 9.86. The van der Waals surface area contributed by atoms with Crippen LogP contribution in [0.25, 0.3) is 11.3 Å². The minimum absolute atomic E-state index is 0.807. The summed E-state index contributed by atoms with van der Waals surface area (Å²) in [6, 6.07) is 18.4. The summed E-state index contributed by atoms with van der Waals surface area (Å²) in [7, 11) is 1.70. The van der Waals surface area contributed by atoms with E-state index in [0.29, 0.717) is 0 Å². The molecule has 1 aromatic heterocycles. The molecule has 3 rings (SSSR count). The fourth-order valence-electron chi connectivity index (χ4n) is 2.15. The predicted molar refractivity (Wildman–Crippen MR) is 83.4 cm³/mol. The third kappa shape index (κ3) is 2.73. The fraction of sp³-hybridized carbons (Fsp3) is 0.118. The van der Waals surface area contributed by atoms with Crippen LogP contribution in [-0.4, -0.2) is 12.1 Å². The second-order valence-electron chi connectivity index (χ2n) is 4.48. The van der Waals surface area contributed by atoms with Gasteiger partial charge in [-0.25, -0.2) is 4.98 Å². The summed E-state index contributed by atoms with van der Waals surface area (Å²) < 4.78 is 5.39. The summed E-state index contributed by atoms with van der Waals surface area (Å²) in [6.45, 7) is 0. The number of aromatic nitrogens is 1. The van der Waals surface area contributed by atoms with Crippen molar-refractivity contribution < 1.29 is 4.74 Å². The third-order valence-electron chi connectivity index (χ3n) is 3.16. The average Bonchev–Trinajstić information content (AvgIpc) is 2.97. The Balaban J connectivity index is 1.84. The summed E-state index contributed by atoms with van der Waals surface area (Å²) in [5, 5.41) is 3.22. The van der Waals surface area contributed by atoms with Crippen LogP contribution in [0, 0.1) is 0 Å². The Bertz CT molecular complexity index is 691. The van der Waals surface area contributed by atoms with Crippen LogP contribution < -0.4 is 4.74 Å².